The smallest absolute Gasteiger partial charge is 0.341 e. The van der Waals surface area contributed by atoms with Crippen molar-refractivity contribution < 1.29 is 27.9 Å². The van der Waals surface area contributed by atoms with E-state index >= 15 is 0 Å². The van der Waals surface area contributed by atoms with Crippen molar-refractivity contribution in [2.24, 2.45) is 5.73 Å². The van der Waals surface area contributed by atoms with Crippen molar-refractivity contribution in [2.75, 3.05) is 11.9 Å². The van der Waals surface area contributed by atoms with E-state index in [4.69, 9.17) is 22.1 Å². The highest BCUT2D eigenvalue weighted by molar-refractivity contribution is 7.18. The van der Waals surface area contributed by atoms with Crippen molar-refractivity contribution >= 4 is 45.7 Å². The number of carbonyl (C=O) groups is 3. The summed E-state index contributed by atoms with van der Waals surface area (Å²) < 4.78 is 31.8. The SMILES string of the molecule is CCOC(=O)c1c(NC(=O)Cn2nc(C(F)F)c(Cl)c2C)sc(C(N)=O)c1C. The van der Waals surface area contributed by atoms with Crippen molar-refractivity contribution in [1.29, 1.82) is 0 Å². The molecule has 12 heteroatoms. The van der Waals surface area contributed by atoms with E-state index in [-0.39, 0.29) is 38.3 Å². The highest BCUT2D eigenvalue weighted by Crippen LogP contribution is 2.34. The van der Waals surface area contributed by atoms with Gasteiger partial charge in [0.2, 0.25) is 5.91 Å². The molecule has 2 aromatic heterocycles. The van der Waals surface area contributed by atoms with Crippen LogP contribution < -0.4 is 11.1 Å². The van der Waals surface area contributed by atoms with E-state index < -0.39 is 36.4 Å². The van der Waals surface area contributed by atoms with Crippen LogP contribution in [0.2, 0.25) is 5.02 Å². The molecule has 3 N–H and O–H groups in total. The van der Waals surface area contributed by atoms with Crippen LogP contribution in [0.25, 0.3) is 0 Å². The third kappa shape index (κ3) is 4.30. The van der Waals surface area contributed by atoms with Crippen LogP contribution in [0.15, 0.2) is 0 Å². The number of nitrogens with two attached hydrogens (primary N) is 1. The van der Waals surface area contributed by atoms with Crippen molar-refractivity contribution in [2.45, 2.75) is 33.7 Å². The Hall–Kier alpha value is -2.53. The Kier molecular flexibility index (Phi) is 6.73. The standard InChI is InChI=1S/C16H17ClF2N4O4S/c1-4-27-16(26)9-6(2)12(14(20)25)28-15(9)21-8(24)5-23-7(3)10(17)11(22-23)13(18)19/h13H,4-5H2,1-3H3,(H2,20,25)(H,21,24). The first-order chi connectivity index (χ1) is 13.1. The molecule has 0 saturated carbocycles. The number of primary amides is 1. The Balaban J connectivity index is 2.31. The predicted molar refractivity (Wildman–Crippen MR) is 99.1 cm³/mol. The minimum Gasteiger partial charge on any atom is -0.462 e. The molecule has 0 atom stereocenters. The number of amides is 2. The zero-order valence-corrected chi connectivity index (χ0v) is 16.7. The second-order valence-corrected chi connectivity index (χ2v) is 7.03. The monoisotopic (exact) mass is 434 g/mol. The number of hydrogen-bond donors (Lipinski definition) is 2. The number of ether oxygens (including phenoxy) is 1. The normalized spacial score (nSPS) is 11.0. The van der Waals surface area contributed by atoms with Crippen molar-refractivity contribution in [1.82, 2.24) is 9.78 Å². The van der Waals surface area contributed by atoms with Crippen LogP contribution in [-0.4, -0.2) is 34.2 Å². The van der Waals surface area contributed by atoms with Gasteiger partial charge in [-0.3, -0.25) is 14.3 Å². The molecule has 2 aromatic rings. The topological polar surface area (TPSA) is 116 Å². The highest BCUT2D eigenvalue weighted by Gasteiger charge is 2.26. The minimum absolute atomic E-state index is 0.0116. The first kappa shape index (κ1) is 21.8. The van der Waals surface area contributed by atoms with Crippen LogP contribution in [-0.2, 0) is 16.1 Å². The second kappa shape index (κ2) is 8.65. The number of alkyl halides is 2. The summed E-state index contributed by atoms with van der Waals surface area (Å²) in [6, 6.07) is 0. The number of anilines is 1. The van der Waals surface area contributed by atoms with Crippen molar-refractivity contribution in [3.8, 4) is 0 Å². The van der Waals surface area contributed by atoms with E-state index in [1.54, 1.807) is 6.92 Å². The maximum absolute atomic E-state index is 12.9. The summed E-state index contributed by atoms with van der Waals surface area (Å²) >= 11 is 6.63. The van der Waals surface area contributed by atoms with E-state index in [9.17, 15) is 23.2 Å². The maximum Gasteiger partial charge on any atom is 0.341 e. The summed E-state index contributed by atoms with van der Waals surface area (Å²) in [5, 5.41) is 5.96. The van der Waals surface area contributed by atoms with E-state index in [1.807, 2.05) is 0 Å². The van der Waals surface area contributed by atoms with Gasteiger partial charge in [0.05, 0.1) is 27.8 Å². The summed E-state index contributed by atoms with van der Waals surface area (Å²) in [5.74, 6) is -2.15. The third-order valence-electron chi connectivity index (χ3n) is 3.76. The molecule has 0 spiro atoms. The fraction of sp³-hybridized carbons (Fsp3) is 0.375. The molecule has 0 unspecified atom stereocenters. The Bertz CT molecular complexity index is 942. The van der Waals surface area contributed by atoms with Gasteiger partial charge >= 0.3 is 5.97 Å². The molecule has 2 heterocycles. The molecule has 0 aliphatic rings. The number of nitrogens with one attached hydrogen (secondary N) is 1. The number of carbonyl (C=O) groups excluding carboxylic acids is 3. The lowest BCUT2D eigenvalue weighted by Crippen LogP contribution is -2.21. The van der Waals surface area contributed by atoms with Gasteiger partial charge in [-0.1, -0.05) is 11.6 Å². The first-order valence-electron chi connectivity index (χ1n) is 7.99. The molecule has 0 bridgehead atoms. The number of esters is 1. The number of aromatic nitrogens is 2. The van der Waals surface area contributed by atoms with Gasteiger partial charge in [0.15, 0.2) is 0 Å². The Morgan fingerprint density at radius 1 is 1.36 bits per heavy atom. The van der Waals surface area contributed by atoms with Gasteiger partial charge in [-0.25, -0.2) is 13.6 Å². The van der Waals surface area contributed by atoms with Crippen LogP contribution in [0.4, 0.5) is 13.8 Å². The van der Waals surface area contributed by atoms with Gasteiger partial charge in [0, 0.05) is 0 Å². The van der Waals surface area contributed by atoms with Crippen LogP contribution in [0.1, 0.15) is 50.3 Å². The molecule has 2 rings (SSSR count). The molecule has 0 saturated heterocycles. The summed E-state index contributed by atoms with van der Waals surface area (Å²) in [5.41, 5.74) is 5.16. The largest absolute Gasteiger partial charge is 0.462 e. The van der Waals surface area contributed by atoms with Gasteiger partial charge < -0.3 is 15.8 Å². The van der Waals surface area contributed by atoms with Gasteiger partial charge in [-0.05, 0) is 26.3 Å². The minimum atomic E-state index is -2.89. The molecule has 0 fully saturated rings. The zero-order chi connectivity index (χ0) is 21.2. The molecular formula is C16H17ClF2N4O4S. The number of nitrogens with zero attached hydrogens (tertiary/aromatic N) is 2. The predicted octanol–water partition coefficient (Wildman–Crippen LogP) is 3.07. The van der Waals surface area contributed by atoms with Crippen molar-refractivity contribution in [3.63, 3.8) is 0 Å². The summed E-state index contributed by atoms with van der Waals surface area (Å²) in [6.45, 7) is 4.22. The quantitative estimate of drug-likeness (QED) is 0.649. The molecule has 0 aliphatic heterocycles. The fourth-order valence-corrected chi connectivity index (χ4v) is 3.71. The number of hydrogen-bond acceptors (Lipinski definition) is 6. The average Bonchev–Trinajstić information content (AvgIpc) is 3.06. The van der Waals surface area contributed by atoms with Crippen LogP contribution in [0, 0.1) is 13.8 Å². The number of thiophene rings is 1. The molecule has 2 amide bonds. The number of halogens is 3. The van der Waals surface area contributed by atoms with Gasteiger partial charge in [-0.2, -0.15) is 5.10 Å². The fourth-order valence-electron chi connectivity index (χ4n) is 2.43. The van der Waals surface area contributed by atoms with Gasteiger partial charge in [-0.15, -0.1) is 11.3 Å². The van der Waals surface area contributed by atoms with Gasteiger partial charge in [0.1, 0.15) is 17.2 Å². The molecule has 8 nitrogen and oxygen atoms in total. The van der Waals surface area contributed by atoms with Crippen molar-refractivity contribution in [3.05, 3.63) is 32.4 Å². The van der Waals surface area contributed by atoms with E-state index in [0.29, 0.717) is 0 Å². The second-order valence-electron chi connectivity index (χ2n) is 5.64. The van der Waals surface area contributed by atoms with Gasteiger partial charge in [0.25, 0.3) is 12.3 Å². The molecule has 0 aliphatic carbocycles. The lowest BCUT2D eigenvalue weighted by Gasteiger charge is -2.08. The van der Waals surface area contributed by atoms with E-state index in [0.717, 1.165) is 16.0 Å². The molecular weight excluding hydrogens is 418 g/mol. The first-order valence-corrected chi connectivity index (χ1v) is 9.18. The maximum atomic E-state index is 12.9. The van der Waals surface area contributed by atoms with Crippen LogP contribution >= 0.6 is 22.9 Å². The van der Waals surface area contributed by atoms with Crippen LogP contribution in [0.5, 0.6) is 0 Å². The Labute approximate surface area is 167 Å². The van der Waals surface area contributed by atoms with E-state index in [1.165, 1.54) is 13.8 Å². The lowest BCUT2D eigenvalue weighted by atomic mass is 10.1. The molecule has 0 aromatic carbocycles. The molecule has 0 radical (unpaired) electrons. The summed E-state index contributed by atoms with van der Waals surface area (Å²) in [4.78, 5) is 36.2. The number of rotatable bonds is 7. The summed E-state index contributed by atoms with van der Waals surface area (Å²) in [6.07, 6.45) is -2.89. The third-order valence-corrected chi connectivity index (χ3v) is 5.45. The average molecular weight is 435 g/mol. The lowest BCUT2D eigenvalue weighted by molar-refractivity contribution is -0.116. The summed E-state index contributed by atoms with van der Waals surface area (Å²) in [7, 11) is 0. The molecule has 152 valence electrons. The Morgan fingerprint density at radius 3 is 2.50 bits per heavy atom. The zero-order valence-electron chi connectivity index (χ0n) is 15.1. The van der Waals surface area contributed by atoms with E-state index in [2.05, 4.69) is 10.4 Å². The van der Waals surface area contributed by atoms with Crippen LogP contribution in [0.3, 0.4) is 0 Å². The highest BCUT2D eigenvalue weighted by atomic mass is 35.5. The molecule has 28 heavy (non-hydrogen) atoms. The Morgan fingerprint density at radius 2 is 2.00 bits per heavy atom.